The summed E-state index contributed by atoms with van der Waals surface area (Å²) in [4.78, 5) is 3.95. The second kappa shape index (κ2) is 3.89. The number of allylic oxidation sites excluding steroid dienone is 1. The molecule has 3 heteroatoms. The molecule has 1 aromatic heterocycles. The van der Waals surface area contributed by atoms with E-state index in [1.54, 1.807) is 12.3 Å². The Hall–Kier alpha value is -1.14. The molecule has 1 heterocycles. The lowest BCUT2D eigenvalue weighted by molar-refractivity contribution is 1.27. The highest BCUT2D eigenvalue weighted by Crippen LogP contribution is 2.08. The lowest BCUT2D eigenvalue weighted by Gasteiger charge is -1.90. The van der Waals surface area contributed by atoms with Crippen molar-refractivity contribution in [2.45, 2.75) is 0 Å². The summed E-state index contributed by atoms with van der Waals surface area (Å²) < 4.78 is 0.776. The van der Waals surface area contributed by atoms with Gasteiger partial charge in [-0.05, 0) is 39.7 Å². The van der Waals surface area contributed by atoms with E-state index in [9.17, 15) is 0 Å². The monoisotopic (exact) mass is 208 g/mol. The van der Waals surface area contributed by atoms with Crippen molar-refractivity contribution < 1.29 is 0 Å². The number of nitriles is 1. The van der Waals surface area contributed by atoms with Crippen LogP contribution >= 0.6 is 15.9 Å². The summed E-state index contributed by atoms with van der Waals surface area (Å²) >= 11 is 3.23. The zero-order valence-electron chi connectivity index (χ0n) is 5.66. The SMILES string of the molecule is N#CC=Cc1ccnc(Br)c1. The fourth-order valence-corrected chi connectivity index (χ4v) is 1.04. The molecule has 0 bridgehead atoms. The fourth-order valence-electron chi connectivity index (χ4n) is 0.655. The van der Waals surface area contributed by atoms with Crippen LogP contribution in [0.15, 0.2) is 29.0 Å². The van der Waals surface area contributed by atoms with Crippen LogP contribution in [0.1, 0.15) is 5.56 Å². The summed E-state index contributed by atoms with van der Waals surface area (Å²) in [6, 6.07) is 5.59. The normalized spacial score (nSPS) is 9.82. The van der Waals surface area contributed by atoms with E-state index in [0.717, 1.165) is 10.2 Å². The van der Waals surface area contributed by atoms with Gasteiger partial charge in [-0.2, -0.15) is 5.26 Å². The van der Waals surface area contributed by atoms with E-state index in [-0.39, 0.29) is 0 Å². The molecule has 1 rings (SSSR count). The Bertz CT molecular complexity index is 312. The van der Waals surface area contributed by atoms with Crippen LogP contribution in [0.4, 0.5) is 0 Å². The van der Waals surface area contributed by atoms with Crippen LogP contribution in [-0.4, -0.2) is 4.98 Å². The zero-order chi connectivity index (χ0) is 8.10. The van der Waals surface area contributed by atoms with Gasteiger partial charge in [-0.15, -0.1) is 0 Å². The molecule has 0 aromatic carbocycles. The van der Waals surface area contributed by atoms with E-state index in [2.05, 4.69) is 20.9 Å². The molecule has 0 unspecified atom stereocenters. The fraction of sp³-hybridized carbons (Fsp3) is 0. The van der Waals surface area contributed by atoms with Crippen LogP contribution in [-0.2, 0) is 0 Å². The molecule has 0 spiro atoms. The molecular weight excluding hydrogens is 204 g/mol. The van der Waals surface area contributed by atoms with Crippen molar-refractivity contribution in [2.24, 2.45) is 0 Å². The minimum Gasteiger partial charge on any atom is -0.249 e. The van der Waals surface area contributed by atoms with Crippen LogP contribution in [0.3, 0.4) is 0 Å². The summed E-state index contributed by atoms with van der Waals surface area (Å²) in [5, 5.41) is 8.23. The summed E-state index contributed by atoms with van der Waals surface area (Å²) in [6.07, 6.45) is 4.84. The maximum absolute atomic E-state index is 8.23. The van der Waals surface area contributed by atoms with Crippen LogP contribution in [0, 0.1) is 11.3 Å². The Morgan fingerprint density at radius 2 is 2.45 bits per heavy atom. The molecule has 0 saturated heterocycles. The summed E-state index contributed by atoms with van der Waals surface area (Å²) in [5.41, 5.74) is 0.966. The minimum atomic E-state index is 0.776. The number of aromatic nitrogens is 1. The molecule has 0 amide bonds. The number of rotatable bonds is 1. The molecule has 54 valence electrons. The first-order chi connectivity index (χ1) is 5.33. The maximum Gasteiger partial charge on any atom is 0.106 e. The van der Waals surface area contributed by atoms with E-state index in [1.165, 1.54) is 6.08 Å². The first kappa shape index (κ1) is 7.96. The summed E-state index contributed by atoms with van der Waals surface area (Å²) in [5.74, 6) is 0. The Balaban J connectivity index is 2.90. The summed E-state index contributed by atoms with van der Waals surface area (Å²) in [6.45, 7) is 0. The van der Waals surface area contributed by atoms with Gasteiger partial charge in [0.05, 0.1) is 6.07 Å². The van der Waals surface area contributed by atoms with E-state index < -0.39 is 0 Å². The van der Waals surface area contributed by atoms with Crippen LogP contribution in [0.5, 0.6) is 0 Å². The molecule has 0 radical (unpaired) electrons. The molecular formula is C8H5BrN2. The zero-order valence-corrected chi connectivity index (χ0v) is 7.25. The Morgan fingerprint density at radius 3 is 3.09 bits per heavy atom. The van der Waals surface area contributed by atoms with Crippen molar-refractivity contribution in [3.8, 4) is 6.07 Å². The van der Waals surface area contributed by atoms with Crippen LogP contribution in [0.2, 0.25) is 0 Å². The molecule has 2 nitrogen and oxygen atoms in total. The third-order valence-electron chi connectivity index (χ3n) is 1.10. The highest BCUT2D eigenvalue weighted by atomic mass is 79.9. The average Bonchev–Trinajstić information content (AvgIpc) is 2.01. The van der Waals surface area contributed by atoms with Gasteiger partial charge in [-0.25, -0.2) is 4.98 Å². The molecule has 0 aliphatic carbocycles. The Morgan fingerprint density at radius 1 is 1.64 bits per heavy atom. The number of pyridine rings is 1. The standard InChI is InChI=1S/C8H5BrN2/c9-8-6-7(2-1-4-10)3-5-11-8/h1-3,5-6H. The lowest BCUT2D eigenvalue weighted by atomic mass is 10.2. The van der Waals surface area contributed by atoms with Gasteiger partial charge in [0.1, 0.15) is 4.60 Å². The molecule has 1 aromatic rings. The maximum atomic E-state index is 8.23. The second-order valence-corrected chi connectivity index (χ2v) is 2.69. The van der Waals surface area contributed by atoms with Gasteiger partial charge in [0, 0.05) is 12.3 Å². The lowest BCUT2D eigenvalue weighted by Crippen LogP contribution is -1.75. The van der Waals surface area contributed by atoms with Crippen molar-refractivity contribution in [1.82, 2.24) is 4.98 Å². The highest BCUT2D eigenvalue weighted by Gasteiger charge is 1.87. The van der Waals surface area contributed by atoms with Crippen molar-refractivity contribution in [1.29, 1.82) is 5.26 Å². The van der Waals surface area contributed by atoms with Crippen molar-refractivity contribution in [3.63, 3.8) is 0 Å². The van der Waals surface area contributed by atoms with E-state index >= 15 is 0 Å². The van der Waals surface area contributed by atoms with E-state index in [1.807, 2.05) is 18.2 Å². The van der Waals surface area contributed by atoms with Gasteiger partial charge in [0.15, 0.2) is 0 Å². The number of halogens is 1. The third kappa shape index (κ3) is 2.52. The average molecular weight is 209 g/mol. The third-order valence-corrected chi connectivity index (χ3v) is 1.53. The number of hydrogen-bond acceptors (Lipinski definition) is 2. The predicted octanol–water partition coefficient (Wildman–Crippen LogP) is 2.38. The van der Waals surface area contributed by atoms with Crippen LogP contribution < -0.4 is 0 Å². The molecule has 0 atom stereocenters. The van der Waals surface area contributed by atoms with E-state index in [0.29, 0.717) is 0 Å². The molecule has 0 fully saturated rings. The quantitative estimate of drug-likeness (QED) is 0.525. The highest BCUT2D eigenvalue weighted by molar-refractivity contribution is 9.10. The van der Waals surface area contributed by atoms with Gasteiger partial charge in [0.2, 0.25) is 0 Å². The van der Waals surface area contributed by atoms with Crippen molar-refractivity contribution in [3.05, 3.63) is 34.6 Å². The number of hydrogen-bond donors (Lipinski definition) is 0. The van der Waals surface area contributed by atoms with Crippen molar-refractivity contribution in [2.75, 3.05) is 0 Å². The first-order valence-electron chi connectivity index (χ1n) is 3.00. The van der Waals surface area contributed by atoms with Crippen molar-refractivity contribution >= 4 is 22.0 Å². The van der Waals surface area contributed by atoms with Crippen LogP contribution in [0.25, 0.3) is 6.08 Å². The summed E-state index contributed by atoms with van der Waals surface area (Å²) in [7, 11) is 0. The number of nitrogens with zero attached hydrogens (tertiary/aromatic N) is 2. The molecule has 0 aliphatic heterocycles. The smallest absolute Gasteiger partial charge is 0.106 e. The molecule has 0 N–H and O–H groups in total. The first-order valence-corrected chi connectivity index (χ1v) is 3.80. The van der Waals surface area contributed by atoms with Gasteiger partial charge in [-0.3, -0.25) is 0 Å². The van der Waals surface area contributed by atoms with Gasteiger partial charge in [0.25, 0.3) is 0 Å². The largest absolute Gasteiger partial charge is 0.249 e. The molecule has 0 saturated carbocycles. The second-order valence-electron chi connectivity index (χ2n) is 1.87. The van der Waals surface area contributed by atoms with Gasteiger partial charge < -0.3 is 0 Å². The Labute approximate surface area is 73.3 Å². The van der Waals surface area contributed by atoms with Gasteiger partial charge in [-0.1, -0.05) is 0 Å². The Kier molecular flexibility index (Phi) is 2.82. The molecule has 11 heavy (non-hydrogen) atoms. The topological polar surface area (TPSA) is 36.7 Å². The van der Waals surface area contributed by atoms with Gasteiger partial charge >= 0.3 is 0 Å². The minimum absolute atomic E-state index is 0.776. The molecule has 0 aliphatic rings. The van der Waals surface area contributed by atoms with E-state index in [4.69, 9.17) is 5.26 Å². The predicted molar refractivity (Wildman–Crippen MR) is 46.6 cm³/mol.